The third-order valence-corrected chi connectivity index (χ3v) is 3.21. The van der Waals surface area contributed by atoms with Crippen LogP contribution in [0.1, 0.15) is 31.4 Å². The van der Waals surface area contributed by atoms with Crippen LogP contribution in [-0.2, 0) is 4.74 Å². The van der Waals surface area contributed by atoms with Crippen LogP contribution < -0.4 is 4.74 Å². The molecule has 0 saturated heterocycles. The van der Waals surface area contributed by atoms with E-state index in [4.69, 9.17) is 9.47 Å². The predicted octanol–water partition coefficient (Wildman–Crippen LogP) is 2.49. The molecule has 7 heteroatoms. The average molecular weight is 314 g/mol. The molecule has 0 fully saturated rings. The summed E-state index contributed by atoms with van der Waals surface area (Å²) in [5, 5.41) is 8.04. The number of aromatic nitrogens is 4. The van der Waals surface area contributed by atoms with Crippen molar-refractivity contribution in [2.24, 2.45) is 5.92 Å². The van der Waals surface area contributed by atoms with Crippen molar-refractivity contribution < 1.29 is 14.3 Å². The van der Waals surface area contributed by atoms with Crippen LogP contribution >= 0.6 is 0 Å². The maximum absolute atomic E-state index is 12.1. The van der Waals surface area contributed by atoms with E-state index in [1.807, 2.05) is 38.1 Å². The van der Waals surface area contributed by atoms with Gasteiger partial charge in [-0.15, -0.1) is 10.2 Å². The Kier molecular flexibility index (Phi) is 4.10. The maximum Gasteiger partial charge on any atom is 0.376 e. The first-order chi connectivity index (χ1) is 11.1. The smallest absolute Gasteiger partial charge is 0.376 e. The molecule has 0 aliphatic heterocycles. The van der Waals surface area contributed by atoms with Gasteiger partial charge in [-0.05, 0) is 25.0 Å². The van der Waals surface area contributed by atoms with Gasteiger partial charge in [0.15, 0.2) is 0 Å². The highest BCUT2D eigenvalue weighted by Crippen LogP contribution is 2.24. The molecular formula is C16H18N4O3. The van der Waals surface area contributed by atoms with Crippen molar-refractivity contribution in [3.63, 3.8) is 0 Å². The van der Waals surface area contributed by atoms with E-state index in [0.717, 1.165) is 5.52 Å². The van der Waals surface area contributed by atoms with E-state index in [1.54, 1.807) is 11.3 Å². The van der Waals surface area contributed by atoms with Gasteiger partial charge in [-0.2, -0.15) is 0 Å². The van der Waals surface area contributed by atoms with Crippen molar-refractivity contribution in [2.75, 3.05) is 13.2 Å². The lowest BCUT2D eigenvalue weighted by atomic mass is 10.2. The number of nitrogens with zero attached hydrogens (tertiary/aromatic N) is 4. The molecule has 0 atom stereocenters. The molecule has 0 bridgehead atoms. The fraction of sp³-hybridized carbons (Fsp3) is 0.375. The molecule has 3 rings (SSSR count). The van der Waals surface area contributed by atoms with E-state index in [2.05, 4.69) is 15.2 Å². The molecule has 0 spiro atoms. The van der Waals surface area contributed by atoms with E-state index in [-0.39, 0.29) is 12.4 Å². The molecular weight excluding hydrogens is 296 g/mol. The summed E-state index contributed by atoms with van der Waals surface area (Å²) in [5.74, 6) is 0.303. The Morgan fingerprint density at radius 2 is 2.04 bits per heavy atom. The number of fused-ring (bicyclic) bond motifs is 3. The van der Waals surface area contributed by atoms with E-state index in [9.17, 15) is 4.79 Å². The fourth-order valence-electron chi connectivity index (χ4n) is 2.23. The Labute approximate surface area is 133 Å². The fourth-order valence-corrected chi connectivity index (χ4v) is 2.23. The zero-order valence-electron chi connectivity index (χ0n) is 13.3. The van der Waals surface area contributed by atoms with Crippen LogP contribution in [0.25, 0.3) is 16.7 Å². The lowest BCUT2D eigenvalue weighted by Gasteiger charge is -2.10. The Morgan fingerprint density at radius 1 is 1.26 bits per heavy atom. The highest BCUT2D eigenvalue weighted by atomic mass is 16.5. The van der Waals surface area contributed by atoms with Gasteiger partial charge in [-0.25, -0.2) is 9.78 Å². The minimum absolute atomic E-state index is 0.120. The molecule has 2 heterocycles. The van der Waals surface area contributed by atoms with Gasteiger partial charge in [0.25, 0.3) is 5.88 Å². The largest absolute Gasteiger partial charge is 0.475 e. The zero-order valence-corrected chi connectivity index (χ0v) is 13.3. The molecule has 0 radical (unpaired) electrons. The standard InChI is InChI=1S/C16H18N4O3/c1-4-22-16(21)14-19-18-13-15(23-9-10(2)3)17-11-7-5-6-8-12(11)20(13)14/h5-8,10H,4,9H2,1-3H3. The molecule has 120 valence electrons. The first kappa shape index (κ1) is 15.2. The van der Waals surface area contributed by atoms with Crippen molar-refractivity contribution in [3.05, 3.63) is 30.1 Å². The topological polar surface area (TPSA) is 78.6 Å². The zero-order chi connectivity index (χ0) is 16.4. The summed E-state index contributed by atoms with van der Waals surface area (Å²) in [6.07, 6.45) is 0. The average Bonchev–Trinajstić information content (AvgIpc) is 2.98. The summed E-state index contributed by atoms with van der Waals surface area (Å²) < 4.78 is 12.4. The molecule has 0 amide bonds. The van der Waals surface area contributed by atoms with Crippen LogP contribution in [0, 0.1) is 5.92 Å². The van der Waals surface area contributed by atoms with Crippen molar-refractivity contribution in [1.29, 1.82) is 0 Å². The molecule has 3 aromatic rings. The van der Waals surface area contributed by atoms with Gasteiger partial charge in [0.05, 0.1) is 24.2 Å². The summed E-state index contributed by atoms with van der Waals surface area (Å²) in [6, 6.07) is 7.45. The van der Waals surface area contributed by atoms with Gasteiger partial charge >= 0.3 is 5.97 Å². The number of carbonyl (C=O) groups is 1. The SMILES string of the molecule is CCOC(=O)c1nnc2c(OCC(C)C)nc3ccccc3n12. The van der Waals surface area contributed by atoms with Crippen molar-refractivity contribution in [1.82, 2.24) is 19.6 Å². The Morgan fingerprint density at radius 3 is 2.78 bits per heavy atom. The summed E-state index contributed by atoms with van der Waals surface area (Å²) >= 11 is 0. The van der Waals surface area contributed by atoms with Gasteiger partial charge in [0.2, 0.25) is 11.5 Å². The van der Waals surface area contributed by atoms with E-state index < -0.39 is 5.97 Å². The Bertz CT molecular complexity index is 857. The molecule has 1 aromatic carbocycles. The van der Waals surface area contributed by atoms with Crippen LogP contribution in [0.3, 0.4) is 0 Å². The molecule has 23 heavy (non-hydrogen) atoms. The lowest BCUT2D eigenvalue weighted by Crippen LogP contribution is -2.11. The lowest BCUT2D eigenvalue weighted by molar-refractivity contribution is 0.0511. The number of benzene rings is 1. The van der Waals surface area contributed by atoms with E-state index in [0.29, 0.717) is 29.6 Å². The second-order valence-electron chi connectivity index (χ2n) is 5.51. The molecule has 2 aromatic heterocycles. The monoisotopic (exact) mass is 314 g/mol. The normalized spacial score (nSPS) is 11.3. The number of ether oxygens (including phenoxy) is 2. The van der Waals surface area contributed by atoms with E-state index >= 15 is 0 Å². The van der Waals surface area contributed by atoms with Crippen molar-refractivity contribution in [2.45, 2.75) is 20.8 Å². The summed E-state index contributed by atoms with van der Waals surface area (Å²) in [5.41, 5.74) is 1.84. The third-order valence-electron chi connectivity index (χ3n) is 3.21. The minimum atomic E-state index is -0.522. The Hall–Kier alpha value is -2.70. The number of para-hydroxylation sites is 2. The quantitative estimate of drug-likeness (QED) is 0.673. The highest BCUT2D eigenvalue weighted by molar-refractivity contribution is 5.90. The number of carbonyl (C=O) groups excluding carboxylic acids is 1. The molecule has 0 unspecified atom stereocenters. The summed E-state index contributed by atoms with van der Waals surface area (Å²) in [6.45, 7) is 6.62. The van der Waals surface area contributed by atoms with Crippen molar-refractivity contribution in [3.8, 4) is 5.88 Å². The summed E-state index contributed by atoms with van der Waals surface area (Å²) in [4.78, 5) is 16.6. The first-order valence-corrected chi connectivity index (χ1v) is 7.55. The molecule has 0 saturated carbocycles. The van der Waals surface area contributed by atoms with Gasteiger partial charge in [-0.1, -0.05) is 26.0 Å². The number of esters is 1. The third kappa shape index (κ3) is 2.81. The van der Waals surface area contributed by atoms with Gasteiger partial charge in [0.1, 0.15) is 0 Å². The van der Waals surface area contributed by atoms with E-state index in [1.165, 1.54) is 0 Å². The van der Waals surface area contributed by atoms with Crippen LogP contribution in [-0.4, -0.2) is 38.8 Å². The molecule has 0 aliphatic carbocycles. The molecule has 7 nitrogen and oxygen atoms in total. The van der Waals surface area contributed by atoms with Gasteiger partial charge < -0.3 is 9.47 Å². The van der Waals surface area contributed by atoms with Crippen molar-refractivity contribution >= 4 is 22.6 Å². The first-order valence-electron chi connectivity index (χ1n) is 7.55. The Balaban J connectivity index is 2.22. The van der Waals surface area contributed by atoms with Gasteiger partial charge in [-0.3, -0.25) is 4.40 Å². The number of hydrogen-bond donors (Lipinski definition) is 0. The molecule has 0 aliphatic rings. The van der Waals surface area contributed by atoms with Crippen LogP contribution in [0.4, 0.5) is 0 Å². The summed E-state index contributed by atoms with van der Waals surface area (Å²) in [7, 11) is 0. The van der Waals surface area contributed by atoms with Crippen LogP contribution in [0.5, 0.6) is 5.88 Å². The van der Waals surface area contributed by atoms with Crippen LogP contribution in [0.15, 0.2) is 24.3 Å². The van der Waals surface area contributed by atoms with Gasteiger partial charge in [0, 0.05) is 0 Å². The van der Waals surface area contributed by atoms with Crippen LogP contribution in [0.2, 0.25) is 0 Å². The number of rotatable bonds is 5. The highest BCUT2D eigenvalue weighted by Gasteiger charge is 2.21. The predicted molar refractivity (Wildman–Crippen MR) is 84.6 cm³/mol. The second kappa shape index (κ2) is 6.20. The minimum Gasteiger partial charge on any atom is -0.475 e. The number of hydrogen-bond acceptors (Lipinski definition) is 6. The maximum atomic E-state index is 12.1. The second-order valence-corrected chi connectivity index (χ2v) is 5.51. The molecule has 0 N–H and O–H groups in total.